The Kier molecular flexibility index (Phi) is 7.82. The molecule has 57 heavy (non-hydrogen) atoms. The fraction of sp³-hybridized carbons (Fsp3) is 0. The van der Waals surface area contributed by atoms with Gasteiger partial charge in [-0.25, -0.2) is 0 Å². The van der Waals surface area contributed by atoms with Crippen molar-refractivity contribution in [1.82, 2.24) is 9.13 Å². The number of aromatic nitrogens is 2. The number of fused-ring (bicyclic) bond motifs is 6. The van der Waals surface area contributed by atoms with Crippen LogP contribution in [0.25, 0.3) is 77.2 Å². The van der Waals surface area contributed by atoms with Crippen molar-refractivity contribution in [2.24, 2.45) is 0 Å². The van der Waals surface area contributed by atoms with Crippen molar-refractivity contribution < 1.29 is 0 Å². The van der Waals surface area contributed by atoms with E-state index >= 15 is 0 Å². The molecule has 3 heteroatoms. The molecule has 9 aromatic carbocycles. The summed E-state index contributed by atoms with van der Waals surface area (Å²) in [5.41, 5.74) is 15.1. The summed E-state index contributed by atoms with van der Waals surface area (Å²) >= 11 is 0. The van der Waals surface area contributed by atoms with Crippen molar-refractivity contribution in [2.75, 3.05) is 4.90 Å². The van der Waals surface area contributed by atoms with E-state index in [4.69, 9.17) is 0 Å². The van der Waals surface area contributed by atoms with Gasteiger partial charge < -0.3 is 14.0 Å². The molecule has 0 amide bonds. The Balaban J connectivity index is 1.10. The maximum Gasteiger partial charge on any atom is 0.0702 e. The van der Waals surface area contributed by atoms with E-state index in [1.165, 1.54) is 65.9 Å². The van der Waals surface area contributed by atoms with Crippen LogP contribution in [0.15, 0.2) is 224 Å². The van der Waals surface area contributed by atoms with Crippen molar-refractivity contribution >= 4 is 60.7 Å². The molecule has 0 N–H and O–H groups in total. The smallest absolute Gasteiger partial charge is 0.0702 e. The average Bonchev–Trinajstić information content (AvgIpc) is 3.81. The standard InChI is InChI=1S/C54H37N3/c1-3-16-38(17-4-1)39-30-34-42(35-31-39)55(52-28-13-14-29-53(52)57-50-26-11-7-20-45(50)46-21-8-12-27-51(46)57)43-36-32-40(33-37-43)44-23-15-24-48-47-22-9-10-25-49(47)56(54(44)48)41-18-5-2-6-19-41/h1-37H. The van der Waals surface area contributed by atoms with Gasteiger partial charge in [0.15, 0.2) is 0 Å². The maximum atomic E-state index is 2.42. The molecule has 2 heterocycles. The Morgan fingerprint density at radius 1 is 0.298 bits per heavy atom. The zero-order valence-corrected chi connectivity index (χ0v) is 31.2. The van der Waals surface area contributed by atoms with Crippen LogP contribution >= 0.6 is 0 Å². The van der Waals surface area contributed by atoms with E-state index in [-0.39, 0.29) is 0 Å². The number of para-hydroxylation sites is 7. The molecule has 0 saturated carbocycles. The third-order valence-corrected chi connectivity index (χ3v) is 11.3. The first kappa shape index (κ1) is 32.8. The van der Waals surface area contributed by atoms with E-state index in [9.17, 15) is 0 Å². The molecular formula is C54H37N3. The normalized spacial score (nSPS) is 11.5. The number of anilines is 3. The summed E-state index contributed by atoms with van der Waals surface area (Å²) in [6, 6.07) is 81.1. The van der Waals surface area contributed by atoms with Gasteiger partial charge in [-0.15, -0.1) is 0 Å². The van der Waals surface area contributed by atoms with Crippen LogP contribution in [0.1, 0.15) is 0 Å². The lowest BCUT2D eigenvalue weighted by molar-refractivity contribution is 1.15. The van der Waals surface area contributed by atoms with Crippen LogP contribution in [-0.2, 0) is 0 Å². The van der Waals surface area contributed by atoms with Crippen molar-refractivity contribution in [3.63, 3.8) is 0 Å². The van der Waals surface area contributed by atoms with Gasteiger partial charge in [0.1, 0.15) is 0 Å². The largest absolute Gasteiger partial charge is 0.309 e. The Morgan fingerprint density at radius 2 is 0.754 bits per heavy atom. The third kappa shape index (κ3) is 5.43. The molecule has 0 aliphatic rings. The molecule has 0 fully saturated rings. The molecule has 268 valence electrons. The first-order chi connectivity index (χ1) is 28.3. The first-order valence-electron chi connectivity index (χ1n) is 19.5. The topological polar surface area (TPSA) is 13.1 Å². The Hall–Kier alpha value is -7.62. The fourth-order valence-corrected chi connectivity index (χ4v) is 8.77. The van der Waals surface area contributed by atoms with Crippen LogP contribution in [0.5, 0.6) is 0 Å². The molecule has 0 aliphatic carbocycles. The van der Waals surface area contributed by atoms with Crippen molar-refractivity contribution in [3.8, 4) is 33.6 Å². The first-order valence-corrected chi connectivity index (χ1v) is 19.5. The average molecular weight is 728 g/mol. The molecule has 0 unspecified atom stereocenters. The minimum Gasteiger partial charge on any atom is -0.309 e. The number of benzene rings is 9. The maximum absolute atomic E-state index is 2.42. The van der Waals surface area contributed by atoms with E-state index < -0.39 is 0 Å². The van der Waals surface area contributed by atoms with Crippen molar-refractivity contribution in [1.29, 1.82) is 0 Å². The molecule has 0 bridgehead atoms. The summed E-state index contributed by atoms with van der Waals surface area (Å²) in [5.74, 6) is 0. The van der Waals surface area contributed by atoms with Crippen LogP contribution in [0.2, 0.25) is 0 Å². The molecule has 11 aromatic rings. The van der Waals surface area contributed by atoms with Crippen molar-refractivity contribution in [3.05, 3.63) is 224 Å². The Bertz CT molecular complexity index is 3160. The van der Waals surface area contributed by atoms with Crippen LogP contribution < -0.4 is 4.90 Å². The van der Waals surface area contributed by atoms with Gasteiger partial charge in [0.25, 0.3) is 0 Å². The predicted molar refractivity (Wildman–Crippen MR) is 241 cm³/mol. The van der Waals surface area contributed by atoms with Crippen LogP contribution in [0, 0.1) is 0 Å². The molecule has 2 aromatic heterocycles. The highest BCUT2D eigenvalue weighted by Gasteiger charge is 2.21. The third-order valence-electron chi connectivity index (χ3n) is 11.3. The van der Waals surface area contributed by atoms with Gasteiger partial charge in [-0.3, -0.25) is 0 Å². The van der Waals surface area contributed by atoms with E-state index in [1.807, 2.05) is 0 Å². The molecule has 0 saturated heterocycles. The highest BCUT2D eigenvalue weighted by molar-refractivity contribution is 6.14. The monoisotopic (exact) mass is 727 g/mol. The zero-order chi connectivity index (χ0) is 37.7. The van der Waals surface area contributed by atoms with Gasteiger partial charge >= 0.3 is 0 Å². The van der Waals surface area contributed by atoms with E-state index in [1.54, 1.807) is 0 Å². The summed E-state index contributed by atoms with van der Waals surface area (Å²) in [6.07, 6.45) is 0. The van der Waals surface area contributed by atoms with Crippen LogP contribution in [-0.4, -0.2) is 9.13 Å². The SMILES string of the molecule is c1ccc(-c2ccc(N(c3ccc(-c4cccc5c6ccccc6n(-c6ccccc6)c45)cc3)c3ccccc3-n3c4ccccc4c4ccccc43)cc2)cc1. The minimum absolute atomic E-state index is 1.08. The summed E-state index contributed by atoms with van der Waals surface area (Å²) < 4.78 is 4.83. The van der Waals surface area contributed by atoms with Gasteiger partial charge in [-0.1, -0.05) is 158 Å². The van der Waals surface area contributed by atoms with Gasteiger partial charge in [0.05, 0.1) is 33.4 Å². The van der Waals surface area contributed by atoms with E-state index in [2.05, 4.69) is 238 Å². The molecule has 11 rings (SSSR count). The molecule has 3 nitrogen and oxygen atoms in total. The van der Waals surface area contributed by atoms with Crippen LogP contribution in [0.4, 0.5) is 17.1 Å². The highest BCUT2D eigenvalue weighted by atomic mass is 15.2. The number of nitrogens with zero attached hydrogens (tertiary/aromatic N) is 3. The number of hydrogen-bond donors (Lipinski definition) is 0. The summed E-state index contributed by atoms with van der Waals surface area (Å²) in [6.45, 7) is 0. The number of hydrogen-bond acceptors (Lipinski definition) is 1. The second kappa shape index (κ2) is 13.6. The van der Waals surface area contributed by atoms with E-state index in [0.717, 1.165) is 28.4 Å². The second-order valence-electron chi connectivity index (χ2n) is 14.5. The van der Waals surface area contributed by atoms with Crippen molar-refractivity contribution in [2.45, 2.75) is 0 Å². The zero-order valence-electron chi connectivity index (χ0n) is 31.2. The van der Waals surface area contributed by atoms with E-state index in [0.29, 0.717) is 0 Å². The van der Waals surface area contributed by atoms with Gasteiger partial charge in [-0.2, -0.15) is 0 Å². The van der Waals surface area contributed by atoms with Crippen LogP contribution in [0.3, 0.4) is 0 Å². The predicted octanol–water partition coefficient (Wildman–Crippen LogP) is 14.7. The molecule has 0 spiro atoms. The second-order valence-corrected chi connectivity index (χ2v) is 14.5. The lowest BCUT2D eigenvalue weighted by Crippen LogP contribution is -2.13. The van der Waals surface area contributed by atoms with Gasteiger partial charge in [-0.05, 0) is 83.4 Å². The molecule has 0 radical (unpaired) electrons. The lowest BCUT2D eigenvalue weighted by Gasteiger charge is -2.28. The number of rotatable bonds is 7. The van der Waals surface area contributed by atoms with Gasteiger partial charge in [0, 0.05) is 44.2 Å². The highest BCUT2D eigenvalue weighted by Crippen LogP contribution is 2.44. The summed E-state index contributed by atoms with van der Waals surface area (Å²) in [5, 5.41) is 4.99. The Labute approximate surface area is 331 Å². The minimum atomic E-state index is 1.08. The molecular weight excluding hydrogens is 691 g/mol. The Morgan fingerprint density at radius 3 is 1.39 bits per heavy atom. The summed E-state index contributed by atoms with van der Waals surface area (Å²) in [7, 11) is 0. The fourth-order valence-electron chi connectivity index (χ4n) is 8.77. The molecule has 0 atom stereocenters. The summed E-state index contributed by atoms with van der Waals surface area (Å²) in [4.78, 5) is 2.40. The quantitative estimate of drug-likeness (QED) is 0.159. The van der Waals surface area contributed by atoms with Gasteiger partial charge in [0.2, 0.25) is 0 Å². The lowest BCUT2D eigenvalue weighted by atomic mass is 10.0. The molecule has 0 aliphatic heterocycles.